The smallest absolute Gasteiger partial charge is 0.472 e. The van der Waals surface area contributed by atoms with E-state index in [0.29, 0.717) is 13.0 Å². The number of unbranched alkanes of at least 4 members (excludes halogenated alkanes) is 18. The summed E-state index contributed by atoms with van der Waals surface area (Å²) in [6.45, 7) is 3.75. The summed E-state index contributed by atoms with van der Waals surface area (Å²) in [5.41, 5.74) is 5.35. The van der Waals surface area contributed by atoms with Gasteiger partial charge in [0.25, 0.3) is 0 Å². The van der Waals surface area contributed by atoms with Crippen molar-refractivity contribution in [2.45, 2.75) is 193 Å². The van der Waals surface area contributed by atoms with Gasteiger partial charge in [0, 0.05) is 13.0 Å². The number of phosphoric ester groups is 1. The van der Waals surface area contributed by atoms with Crippen LogP contribution in [-0.2, 0) is 32.7 Å². The minimum absolute atomic E-state index is 0.00189. The fourth-order valence-electron chi connectivity index (χ4n) is 5.77. The maximum atomic E-state index is 12.6. The van der Waals surface area contributed by atoms with Crippen LogP contribution in [0.15, 0.2) is 60.8 Å². The summed E-state index contributed by atoms with van der Waals surface area (Å²) >= 11 is 0. The third kappa shape index (κ3) is 41.6. The van der Waals surface area contributed by atoms with Crippen LogP contribution >= 0.6 is 7.82 Å². The largest absolute Gasteiger partial charge is 0.480 e. The van der Waals surface area contributed by atoms with Gasteiger partial charge in [-0.3, -0.25) is 18.6 Å². The van der Waals surface area contributed by atoms with Crippen LogP contribution in [0, 0.1) is 0 Å². The Balaban J connectivity index is 4.23. The molecule has 0 aliphatic rings. The number of carbonyl (C=O) groups excluding carboxylic acids is 1. The number of carbonyl (C=O) groups is 2. The molecule has 57 heavy (non-hydrogen) atoms. The molecular weight excluding hydrogens is 741 g/mol. The molecular formula is C46H82NO9P. The van der Waals surface area contributed by atoms with E-state index in [0.717, 1.165) is 83.5 Å². The van der Waals surface area contributed by atoms with Gasteiger partial charge >= 0.3 is 19.8 Å². The van der Waals surface area contributed by atoms with E-state index < -0.39 is 45.1 Å². The van der Waals surface area contributed by atoms with Crippen molar-refractivity contribution < 1.29 is 42.7 Å². The first kappa shape index (κ1) is 54.7. The van der Waals surface area contributed by atoms with Gasteiger partial charge in [0.2, 0.25) is 0 Å². The van der Waals surface area contributed by atoms with Crippen molar-refractivity contribution in [3.63, 3.8) is 0 Å². The van der Waals surface area contributed by atoms with Crippen molar-refractivity contribution in [2.75, 3.05) is 26.4 Å². The van der Waals surface area contributed by atoms with Gasteiger partial charge in [-0.15, -0.1) is 0 Å². The Morgan fingerprint density at radius 2 is 1.00 bits per heavy atom. The predicted molar refractivity (Wildman–Crippen MR) is 235 cm³/mol. The van der Waals surface area contributed by atoms with Crippen LogP contribution in [0.4, 0.5) is 0 Å². The lowest BCUT2D eigenvalue weighted by Crippen LogP contribution is -2.34. The Morgan fingerprint density at radius 1 is 0.561 bits per heavy atom. The molecule has 0 heterocycles. The van der Waals surface area contributed by atoms with E-state index in [1.54, 1.807) is 0 Å². The van der Waals surface area contributed by atoms with Crippen LogP contribution in [0.25, 0.3) is 0 Å². The van der Waals surface area contributed by atoms with Gasteiger partial charge in [0.05, 0.1) is 19.8 Å². The molecule has 0 radical (unpaired) electrons. The summed E-state index contributed by atoms with van der Waals surface area (Å²) in [6, 6.07) is -1.48. The molecule has 0 aromatic rings. The molecule has 0 aromatic carbocycles. The first-order chi connectivity index (χ1) is 27.7. The number of ether oxygens (including phenoxy) is 2. The Bertz CT molecular complexity index is 1140. The van der Waals surface area contributed by atoms with Gasteiger partial charge in [-0.05, 0) is 77.0 Å². The molecule has 3 unspecified atom stereocenters. The first-order valence-electron chi connectivity index (χ1n) is 22.3. The van der Waals surface area contributed by atoms with Crippen LogP contribution in [-0.4, -0.2) is 60.5 Å². The fraction of sp³-hybridized carbons (Fsp3) is 0.739. The highest BCUT2D eigenvalue weighted by molar-refractivity contribution is 7.47. The zero-order valence-corrected chi connectivity index (χ0v) is 36.8. The molecule has 0 saturated heterocycles. The second kappa shape index (κ2) is 41.8. The van der Waals surface area contributed by atoms with E-state index in [1.165, 1.54) is 70.6 Å². The van der Waals surface area contributed by atoms with Crippen LogP contribution in [0.2, 0.25) is 0 Å². The van der Waals surface area contributed by atoms with Gasteiger partial charge < -0.3 is 25.2 Å². The van der Waals surface area contributed by atoms with Gasteiger partial charge in [-0.1, -0.05) is 158 Å². The standard InChI is InChI=1S/C46H82NO9P/c1-3-5-7-9-11-13-15-17-18-19-20-21-22-23-24-25-27-29-31-33-35-37-39-53-40-43(41-54-57(51,52)55-42-44(47)46(49)50)56-45(48)38-36-34-32-30-28-26-16-14-12-10-8-6-4-2/h8,10,14-17,19-20,22-23,43-44H,3-7,9,11-13,18,21,24-42,47H2,1-2H3,(H,49,50)(H,51,52)/b10-8-,16-14-,17-15-,20-19-,23-22-. The molecule has 10 nitrogen and oxygen atoms in total. The Labute approximate surface area is 347 Å². The number of aliphatic carboxylic acids is 1. The number of nitrogens with two attached hydrogens (primary N) is 1. The Hall–Kier alpha value is -2.33. The normalized spacial score (nSPS) is 14.5. The van der Waals surface area contributed by atoms with Crippen LogP contribution in [0.1, 0.15) is 181 Å². The predicted octanol–water partition coefficient (Wildman–Crippen LogP) is 12.4. The quantitative estimate of drug-likeness (QED) is 0.0234. The monoisotopic (exact) mass is 824 g/mol. The number of carboxylic acids is 1. The molecule has 330 valence electrons. The van der Waals surface area contributed by atoms with E-state index >= 15 is 0 Å². The highest BCUT2D eigenvalue weighted by atomic mass is 31.2. The van der Waals surface area contributed by atoms with Crippen molar-refractivity contribution in [2.24, 2.45) is 5.73 Å². The van der Waals surface area contributed by atoms with Gasteiger partial charge in [-0.2, -0.15) is 0 Å². The lowest BCUT2D eigenvalue weighted by molar-refractivity contribution is -0.154. The van der Waals surface area contributed by atoms with Gasteiger partial charge in [0.15, 0.2) is 0 Å². The van der Waals surface area contributed by atoms with Crippen LogP contribution in [0.5, 0.6) is 0 Å². The number of carboxylic acid groups (broad SMARTS) is 1. The fourth-order valence-corrected chi connectivity index (χ4v) is 6.54. The molecule has 0 spiro atoms. The minimum atomic E-state index is -4.62. The molecule has 0 bridgehead atoms. The average molecular weight is 824 g/mol. The molecule has 4 N–H and O–H groups in total. The summed E-state index contributed by atoms with van der Waals surface area (Å²) in [7, 11) is -4.62. The Morgan fingerprint density at radius 3 is 1.51 bits per heavy atom. The molecule has 0 fully saturated rings. The maximum absolute atomic E-state index is 12.6. The van der Waals surface area contributed by atoms with Crippen molar-refractivity contribution in [1.82, 2.24) is 0 Å². The summed E-state index contributed by atoms with van der Waals surface area (Å²) in [5, 5.41) is 8.89. The Kier molecular flexibility index (Phi) is 40.1. The van der Waals surface area contributed by atoms with E-state index in [1.807, 2.05) is 0 Å². The highest BCUT2D eigenvalue weighted by Gasteiger charge is 2.27. The number of hydrogen-bond acceptors (Lipinski definition) is 8. The molecule has 0 rings (SSSR count). The SMILES string of the molecule is CCC/C=C\C/C=C\CCCCCCCC(=O)OC(COCCCCCCCCC/C=C\C/C=C\C/C=C\CCCCCCC)COP(=O)(O)OCC(N)C(=O)O. The molecule has 0 aliphatic carbocycles. The number of phosphoric acid groups is 1. The summed E-state index contributed by atoms with van der Waals surface area (Å²) in [5.74, 6) is -1.80. The summed E-state index contributed by atoms with van der Waals surface area (Å²) in [6.07, 6.45) is 49.9. The maximum Gasteiger partial charge on any atom is 0.472 e. The van der Waals surface area contributed by atoms with E-state index in [9.17, 15) is 19.0 Å². The number of esters is 1. The van der Waals surface area contributed by atoms with E-state index in [4.69, 9.17) is 29.4 Å². The summed E-state index contributed by atoms with van der Waals surface area (Å²) < 4.78 is 33.3. The topological polar surface area (TPSA) is 155 Å². The van der Waals surface area contributed by atoms with E-state index in [2.05, 4.69) is 74.6 Å². The van der Waals surface area contributed by atoms with Crippen molar-refractivity contribution >= 4 is 19.8 Å². The van der Waals surface area contributed by atoms with Crippen LogP contribution < -0.4 is 5.73 Å². The zero-order chi connectivity index (χ0) is 41.9. The minimum Gasteiger partial charge on any atom is -0.480 e. The molecule has 0 saturated carbocycles. The lowest BCUT2D eigenvalue weighted by atomic mass is 10.1. The first-order valence-corrected chi connectivity index (χ1v) is 23.8. The number of hydrogen-bond donors (Lipinski definition) is 3. The van der Waals surface area contributed by atoms with Gasteiger partial charge in [0.1, 0.15) is 12.1 Å². The van der Waals surface area contributed by atoms with Crippen molar-refractivity contribution in [3.8, 4) is 0 Å². The van der Waals surface area contributed by atoms with Crippen LogP contribution in [0.3, 0.4) is 0 Å². The molecule has 0 aliphatic heterocycles. The number of allylic oxidation sites excluding steroid dienone is 10. The molecule has 11 heteroatoms. The van der Waals surface area contributed by atoms with E-state index in [-0.39, 0.29) is 13.0 Å². The molecule has 3 atom stereocenters. The number of rotatable bonds is 42. The second-order valence-electron chi connectivity index (χ2n) is 14.8. The third-order valence-corrected chi connectivity index (χ3v) is 10.2. The van der Waals surface area contributed by atoms with Crippen molar-refractivity contribution in [3.05, 3.63) is 60.8 Å². The van der Waals surface area contributed by atoms with Crippen molar-refractivity contribution in [1.29, 1.82) is 0 Å². The zero-order valence-electron chi connectivity index (χ0n) is 35.9. The van der Waals surface area contributed by atoms with Gasteiger partial charge in [-0.25, -0.2) is 4.57 Å². The molecule has 0 aromatic heterocycles. The lowest BCUT2D eigenvalue weighted by Gasteiger charge is -2.20. The molecule has 0 amide bonds. The second-order valence-corrected chi connectivity index (χ2v) is 16.3. The highest BCUT2D eigenvalue weighted by Crippen LogP contribution is 2.43. The third-order valence-electron chi connectivity index (χ3n) is 9.25. The summed E-state index contributed by atoms with van der Waals surface area (Å²) in [4.78, 5) is 33.5. The average Bonchev–Trinajstić information content (AvgIpc) is 3.19.